The van der Waals surface area contributed by atoms with Crippen molar-refractivity contribution in [2.75, 3.05) is 0 Å². The Morgan fingerprint density at radius 1 is 0.282 bits per heavy atom. The summed E-state index contributed by atoms with van der Waals surface area (Å²) in [7, 11) is 0. The van der Waals surface area contributed by atoms with Gasteiger partial charge in [0.15, 0.2) is 0 Å². The average Bonchev–Trinajstić information content (AvgIpc) is 2.67. The summed E-state index contributed by atoms with van der Waals surface area (Å²) in [5.41, 5.74) is 12.0. The lowest BCUT2D eigenvalue weighted by Gasteiger charge is -2.43. The minimum atomic E-state index is -0.178. The number of benzene rings is 2. The molecular weight excluding hydrogens is 468 g/mol. The van der Waals surface area contributed by atoms with Gasteiger partial charge >= 0.3 is 0 Å². The molecule has 0 aromatic heterocycles. The highest BCUT2D eigenvalue weighted by molar-refractivity contribution is 5.58. The van der Waals surface area contributed by atoms with E-state index in [2.05, 4.69) is 163 Å². The molecule has 0 radical (unpaired) electrons. The SMILES string of the molecule is CC(C)(C)c1cc(C(C)(C)C)c(C(C)(C)C)c(C(C)(C)c2cc(C(C)(C)C)c(C(C)(C)C)cc2C(C)(C)C)c1. The second-order valence-electron chi connectivity index (χ2n) is 19.0. The molecule has 0 heteroatoms. The lowest BCUT2D eigenvalue weighted by molar-refractivity contribution is 0.487. The molecule has 0 amide bonds. The van der Waals surface area contributed by atoms with Gasteiger partial charge in [0.25, 0.3) is 0 Å². The van der Waals surface area contributed by atoms with E-state index in [-0.39, 0.29) is 37.9 Å². The van der Waals surface area contributed by atoms with Crippen LogP contribution in [0.25, 0.3) is 0 Å². The molecule has 0 atom stereocenters. The predicted molar refractivity (Wildman–Crippen MR) is 177 cm³/mol. The Bertz CT molecular complexity index is 1190. The van der Waals surface area contributed by atoms with E-state index in [9.17, 15) is 0 Å². The molecule has 0 fully saturated rings. The third-order valence-electron chi connectivity index (χ3n) is 8.49. The van der Waals surface area contributed by atoms with Crippen molar-refractivity contribution in [2.45, 2.75) is 176 Å². The summed E-state index contributed by atoms with van der Waals surface area (Å²) in [5.74, 6) is 0. The van der Waals surface area contributed by atoms with E-state index in [0.717, 1.165) is 0 Å². The Hall–Kier alpha value is -1.56. The molecule has 0 aliphatic carbocycles. The highest BCUT2D eigenvalue weighted by atomic mass is 14.4. The lowest BCUT2D eigenvalue weighted by Crippen LogP contribution is -2.34. The first-order valence-electron chi connectivity index (χ1n) is 15.3. The smallest absolute Gasteiger partial charge is 0.0152 e. The summed E-state index contributed by atoms with van der Waals surface area (Å²) in [5, 5.41) is 0. The van der Waals surface area contributed by atoms with Crippen molar-refractivity contribution in [2.24, 2.45) is 0 Å². The van der Waals surface area contributed by atoms with E-state index >= 15 is 0 Å². The van der Waals surface area contributed by atoms with Crippen LogP contribution in [-0.4, -0.2) is 0 Å². The van der Waals surface area contributed by atoms with Crippen LogP contribution >= 0.6 is 0 Å². The largest absolute Gasteiger partial charge is 0.0561 e. The minimum Gasteiger partial charge on any atom is -0.0561 e. The normalized spacial score (nSPS) is 14.7. The zero-order chi connectivity index (χ0) is 30.9. The molecule has 0 saturated heterocycles. The van der Waals surface area contributed by atoms with Gasteiger partial charge < -0.3 is 0 Å². The third-order valence-corrected chi connectivity index (χ3v) is 8.49. The fourth-order valence-electron chi connectivity index (χ4n) is 6.09. The van der Waals surface area contributed by atoms with Crippen LogP contribution in [-0.2, 0) is 37.9 Å². The van der Waals surface area contributed by atoms with Gasteiger partial charge in [-0.3, -0.25) is 0 Å². The van der Waals surface area contributed by atoms with Crippen molar-refractivity contribution in [3.05, 3.63) is 68.8 Å². The van der Waals surface area contributed by atoms with Gasteiger partial charge in [-0.1, -0.05) is 163 Å². The summed E-state index contributed by atoms with van der Waals surface area (Å²) < 4.78 is 0. The second-order valence-corrected chi connectivity index (χ2v) is 19.0. The Morgan fingerprint density at radius 2 is 0.590 bits per heavy atom. The quantitative estimate of drug-likeness (QED) is 0.361. The van der Waals surface area contributed by atoms with E-state index in [0.29, 0.717) is 0 Å². The Kier molecular flexibility index (Phi) is 8.43. The van der Waals surface area contributed by atoms with Crippen LogP contribution in [0.4, 0.5) is 0 Å². The second kappa shape index (κ2) is 9.77. The van der Waals surface area contributed by atoms with Crippen molar-refractivity contribution in [1.29, 1.82) is 0 Å². The molecule has 0 nitrogen and oxygen atoms in total. The molecule has 2 aromatic carbocycles. The van der Waals surface area contributed by atoms with Gasteiger partial charge in [0.2, 0.25) is 0 Å². The molecule has 0 heterocycles. The third kappa shape index (κ3) is 7.02. The molecule has 220 valence electrons. The standard InChI is InChI=1S/C39H64/c1-33(2,3)25-21-30(37(13,14)15)32(38(16,17)18)31(22-25)39(19,20)29-24-27(35(7,8)9)26(34(4,5)6)23-28(29)36(10,11)12/h21-24H,1-20H3. The van der Waals surface area contributed by atoms with Gasteiger partial charge in [-0.2, -0.15) is 0 Å². The van der Waals surface area contributed by atoms with Crippen molar-refractivity contribution < 1.29 is 0 Å². The van der Waals surface area contributed by atoms with Gasteiger partial charge in [0.1, 0.15) is 0 Å². The van der Waals surface area contributed by atoms with E-state index in [1.165, 1.54) is 44.5 Å². The van der Waals surface area contributed by atoms with Crippen molar-refractivity contribution >= 4 is 0 Å². The lowest BCUT2D eigenvalue weighted by atomic mass is 9.61. The summed E-state index contributed by atoms with van der Waals surface area (Å²) in [4.78, 5) is 0. The highest BCUT2D eigenvalue weighted by Crippen LogP contribution is 2.49. The van der Waals surface area contributed by atoms with Crippen LogP contribution in [0.5, 0.6) is 0 Å². The summed E-state index contributed by atoms with van der Waals surface area (Å²) in [6, 6.07) is 10.3. The fraction of sp³-hybridized carbons (Fsp3) is 0.692. The molecular formula is C39H64. The van der Waals surface area contributed by atoms with E-state index < -0.39 is 0 Å². The van der Waals surface area contributed by atoms with Crippen LogP contribution in [0.2, 0.25) is 0 Å². The van der Waals surface area contributed by atoms with Crippen molar-refractivity contribution in [1.82, 2.24) is 0 Å². The maximum Gasteiger partial charge on any atom is 0.0152 e. The first-order chi connectivity index (χ1) is 16.9. The van der Waals surface area contributed by atoms with Crippen LogP contribution in [0.1, 0.15) is 183 Å². The molecule has 0 aliphatic heterocycles. The monoisotopic (exact) mass is 533 g/mol. The summed E-state index contributed by atoms with van der Waals surface area (Å²) >= 11 is 0. The van der Waals surface area contributed by atoms with Crippen LogP contribution in [0.15, 0.2) is 24.3 Å². The number of rotatable bonds is 2. The number of hydrogen-bond acceptors (Lipinski definition) is 0. The summed E-state index contributed by atoms with van der Waals surface area (Å²) in [6.45, 7) is 47.9. The van der Waals surface area contributed by atoms with Gasteiger partial charge in [-0.15, -0.1) is 0 Å². The zero-order valence-electron chi connectivity index (χ0n) is 29.8. The molecule has 0 spiro atoms. The maximum atomic E-state index is 2.61. The fourth-order valence-corrected chi connectivity index (χ4v) is 6.09. The highest BCUT2D eigenvalue weighted by Gasteiger charge is 2.40. The van der Waals surface area contributed by atoms with Crippen molar-refractivity contribution in [3.63, 3.8) is 0 Å². The van der Waals surface area contributed by atoms with Crippen LogP contribution < -0.4 is 0 Å². The molecule has 0 saturated carbocycles. The molecule has 0 bridgehead atoms. The van der Waals surface area contributed by atoms with Crippen LogP contribution in [0, 0.1) is 0 Å². The van der Waals surface area contributed by atoms with Gasteiger partial charge in [-0.05, 0) is 77.0 Å². The first kappa shape index (κ1) is 33.6. The van der Waals surface area contributed by atoms with Gasteiger partial charge in [0.05, 0.1) is 0 Å². The zero-order valence-corrected chi connectivity index (χ0v) is 29.8. The first-order valence-corrected chi connectivity index (χ1v) is 15.3. The molecule has 0 unspecified atom stereocenters. The van der Waals surface area contributed by atoms with E-state index in [1.54, 1.807) is 0 Å². The van der Waals surface area contributed by atoms with Gasteiger partial charge in [-0.25, -0.2) is 0 Å². The predicted octanol–water partition coefficient (Wildman–Crippen LogP) is 11.8. The molecule has 39 heavy (non-hydrogen) atoms. The minimum absolute atomic E-state index is 0.0196. The number of hydrogen-bond donors (Lipinski definition) is 0. The molecule has 2 rings (SSSR count). The van der Waals surface area contributed by atoms with Crippen molar-refractivity contribution in [3.8, 4) is 0 Å². The topological polar surface area (TPSA) is 0 Å². The van der Waals surface area contributed by atoms with Crippen LogP contribution in [0.3, 0.4) is 0 Å². The van der Waals surface area contributed by atoms with Gasteiger partial charge in [0, 0.05) is 5.41 Å². The molecule has 0 aliphatic rings. The average molecular weight is 533 g/mol. The Labute approximate surface area is 244 Å². The van der Waals surface area contributed by atoms with E-state index in [4.69, 9.17) is 0 Å². The Balaban J connectivity index is 3.27. The van der Waals surface area contributed by atoms with E-state index in [1.807, 2.05) is 0 Å². The molecule has 0 N–H and O–H groups in total. The molecule has 2 aromatic rings. The maximum absolute atomic E-state index is 2.61. The Morgan fingerprint density at radius 3 is 0.897 bits per heavy atom. The summed E-state index contributed by atoms with van der Waals surface area (Å²) in [6.07, 6.45) is 0.